The first-order valence-electron chi connectivity index (χ1n) is 5.43. The van der Waals surface area contributed by atoms with Gasteiger partial charge in [-0.15, -0.1) is 0 Å². The molecule has 0 aliphatic carbocycles. The van der Waals surface area contributed by atoms with E-state index in [0.29, 0.717) is 5.70 Å². The Labute approximate surface area is 107 Å². The lowest BCUT2D eigenvalue weighted by molar-refractivity contribution is -0.132. The van der Waals surface area contributed by atoms with Crippen molar-refractivity contribution >= 4 is 12.1 Å². The van der Waals surface area contributed by atoms with Crippen LogP contribution in [0.15, 0.2) is 36.1 Å². The van der Waals surface area contributed by atoms with Crippen LogP contribution in [-0.2, 0) is 9.53 Å². The average Bonchev–Trinajstić information content (AvgIpc) is 2.20. The fourth-order valence-corrected chi connectivity index (χ4v) is 0.989. The maximum absolute atomic E-state index is 11.5. The van der Waals surface area contributed by atoms with Crippen LogP contribution >= 0.6 is 0 Å². The zero-order valence-electron chi connectivity index (χ0n) is 11.1. The van der Waals surface area contributed by atoms with Crippen molar-refractivity contribution in [3.8, 4) is 0 Å². The Morgan fingerprint density at radius 3 is 2.22 bits per heavy atom. The molecule has 0 atom stereocenters. The van der Waals surface area contributed by atoms with Gasteiger partial charge in [0, 0.05) is 5.70 Å². The van der Waals surface area contributed by atoms with Crippen molar-refractivity contribution in [2.45, 2.75) is 33.3 Å². The number of carboxylic acids is 1. The number of amides is 1. The molecular weight excluding hydrogens is 234 g/mol. The number of rotatable bonds is 4. The summed E-state index contributed by atoms with van der Waals surface area (Å²) in [5.74, 6) is -1.12. The second kappa shape index (κ2) is 6.64. The predicted octanol–water partition coefficient (Wildman–Crippen LogP) is 2.61. The largest absolute Gasteiger partial charge is 0.478 e. The number of allylic oxidation sites excluding steroid dienone is 2. The van der Waals surface area contributed by atoms with E-state index in [-0.39, 0.29) is 5.57 Å². The molecular formula is C13H19NO4. The molecule has 2 N–H and O–H groups in total. The van der Waals surface area contributed by atoms with Crippen molar-refractivity contribution in [1.29, 1.82) is 0 Å². The standard InChI is InChI=1S/C13H19NO4/c1-6-9(11(15)16)8-10(7-2)14-12(17)18-13(3,4)5/h6-8H,1H2,2-5H3,(H,14,17)(H,15,16)/b9-8+,10-7+. The molecule has 0 fully saturated rings. The van der Waals surface area contributed by atoms with E-state index in [0.717, 1.165) is 0 Å². The smallest absolute Gasteiger partial charge is 0.412 e. The number of aliphatic carboxylic acids is 1. The first-order valence-corrected chi connectivity index (χ1v) is 5.43. The van der Waals surface area contributed by atoms with Gasteiger partial charge in [-0.2, -0.15) is 0 Å². The lowest BCUT2D eigenvalue weighted by Crippen LogP contribution is -2.31. The summed E-state index contributed by atoms with van der Waals surface area (Å²) in [6, 6.07) is 0. The number of hydrogen-bond donors (Lipinski definition) is 2. The number of carbonyl (C=O) groups excluding carboxylic acids is 1. The number of hydrogen-bond acceptors (Lipinski definition) is 3. The number of ether oxygens (including phenoxy) is 1. The molecule has 100 valence electrons. The van der Waals surface area contributed by atoms with Crippen LogP contribution in [-0.4, -0.2) is 22.8 Å². The average molecular weight is 253 g/mol. The summed E-state index contributed by atoms with van der Waals surface area (Å²) >= 11 is 0. The molecule has 18 heavy (non-hydrogen) atoms. The van der Waals surface area contributed by atoms with Crippen molar-refractivity contribution < 1.29 is 19.4 Å². The van der Waals surface area contributed by atoms with E-state index < -0.39 is 17.7 Å². The monoisotopic (exact) mass is 253 g/mol. The topological polar surface area (TPSA) is 75.6 Å². The summed E-state index contributed by atoms with van der Waals surface area (Å²) in [7, 11) is 0. The lowest BCUT2D eigenvalue weighted by Gasteiger charge is -2.19. The highest BCUT2D eigenvalue weighted by atomic mass is 16.6. The van der Waals surface area contributed by atoms with Gasteiger partial charge in [-0.1, -0.05) is 18.7 Å². The van der Waals surface area contributed by atoms with Crippen molar-refractivity contribution in [2.24, 2.45) is 0 Å². The Kier molecular flexibility index (Phi) is 5.88. The van der Waals surface area contributed by atoms with Gasteiger partial charge in [0.1, 0.15) is 5.60 Å². The SMILES string of the molecule is C=C/C(=C\C(=C/C)NC(=O)OC(C)(C)C)C(=O)O. The predicted molar refractivity (Wildman–Crippen MR) is 69.0 cm³/mol. The first kappa shape index (κ1) is 16.0. The molecule has 0 saturated carbocycles. The number of carbonyl (C=O) groups is 2. The van der Waals surface area contributed by atoms with Gasteiger partial charge in [0.2, 0.25) is 0 Å². The third-order valence-corrected chi connectivity index (χ3v) is 1.73. The summed E-state index contributed by atoms with van der Waals surface area (Å²) in [6.07, 6.45) is 3.43. The minimum Gasteiger partial charge on any atom is -0.478 e. The minimum atomic E-state index is -1.12. The second-order valence-corrected chi connectivity index (χ2v) is 4.48. The molecule has 0 spiro atoms. The van der Waals surface area contributed by atoms with Crippen LogP contribution < -0.4 is 5.32 Å². The van der Waals surface area contributed by atoms with Crippen LogP contribution in [0, 0.1) is 0 Å². The fraction of sp³-hybridized carbons (Fsp3) is 0.385. The molecule has 0 aromatic heterocycles. The van der Waals surface area contributed by atoms with E-state index in [2.05, 4.69) is 11.9 Å². The van der Waals surface area contributed by atoms with E-state index >= 15 is 0 Å². The quantitative estimate of drug-likeness (QED) is 0.596. The van der Waals surface area contributed by atoms with Gasteiger partial charge >= 0.3 is 12.1 Å². The van der Waals surface area contributed by atoms with Crippen molar-refractivity contribution in [3.63, 3.8) is 0 Å². The molecule has 0 unspecified atom stereocenters. The molecule has 0 radical (unpaired) electrons. The molecule has 0 aliphatic rings. The first-order chi connectivity index (χ1) is 8.19. The summed E-state index contributed by atoms with van der Waals surface area (Å²) in [5.41, 5.74) is -0.290. The molecule has 0 heterocycles. The van der Waals surface area contributed by atoms with Gasteiger partial charge in [-0.3, -0.25) is 5.32 Å². The van der Waals surface area contributed by atoms with E-state index in [1.165, 1.54) is 12.2 Å². The van der Waals surface area contributed by atoms with E-state index in [9.17, 15) is 9.59 Å². The Morgan fingerprint density at radius 1 is 1.33 bits per heavy atom. The van der Waals surface area contributed by atoms with Gasteiger partial charge in [0.05, 0.1) is 5.57 Å². The maximum atomic E-state index is 11.5. The third kappa shape index (κ3) is 6.52. The van der Waals surface area contributed by atoms with Crippen molar-refractivity contribution in [1.82, 2.24) is 5.32 Å². The normalized spacial score (nSPS) is 12.9. The maximum Gasteiger partial charge on any atom is 0.412 e. The zero-order chi connectivity index (χ0) is 14.3. The van der Waals surface area contributed by atoms with Gasteiger partial charge < -0.3 is 9.84 Å². The fourth-order valence-electron chi connectivity index (χ4n) is 0.989. The summed E-state index contributed by atoms with van der Waals surface area (Å²) in [6.45, 7) is 10.3. The molecule has 0 aromatic rings. The lowest BCUT2D eigenvalue weighted by atomic mass is 10.2. The highest BCUT2D eigenvalue weighted by molar-refractivity contribution is 5.90. The van der Waals surface area contributed by atoms with Crippen molar-refractivity contribution in [3.05, 3.63) is 36.1 Å². The number of carboxylic acid groups (broad SMARTS) is 1. The Morgan fingerprint density at radius 2 is 1.89 bits per heavy atom. The van der Waals surface area contributed by atoms with Gasteiger partial charge in [-0.05, 0) is 33.8 Å². The van der Waals surface area contributed by atoms with E-state index in [1.54, 1.807) is 33.8 Å². The highest BCUT2D eigenvalue weighted by Crippen LogP contribution is 2.08. The number of nitrogens with one attached hydrogen (secondary N) is 1. The van der Waals surface area contributed by atoms with Crippen LogP contribution in [0.4, 0.5) is 4.79 Å². The summed E-state index contributed by atoms with van der Waals surface area (Å²) < 4.78 is 5.05. The zero-order valence-corrected chi connectivity index (χ0v) is 11.1. The van der Waals surface area contributed by atoms with Crippen molar-refractivity contribution in [2.75, 3.05) is 0 Å². The summed E-state index contributed by atoms with van der Waals surface area (Å²) in [4.78, 5) is 22.3. The Balaban J connectivity index is 4.79. The van der Waals surface area contributed by atoms with Crippen LogP contribution in [0.3, 0.4) is 0 Å². The van der Waals surface area contributed by atoms with Crippen LogP contribution in [0.25, 0.3) is 0 Å². The molecule has 0 aromatic carbocycles. The van der Waals surface area contributed by atoms with Crippen LogP contribution in [0.1, 0.15) is 27.7 Å². The van der Waals surface area contributed by atoms with E-state index in [4.69, 9.17) is 9.84 Å². The molecule has 0 bridgehead atoms. The molecule has 5 nitrogen and oxygen atoms in total. The van der Waals surface area contributed by atoms with Gasteiger partial charge in [-0.25, -0.2) is 9.59 Å². The highest BCUT2D eigenvalue weighted by Gasteiger charge is 2.16. The van der Waals surface area contributed by atoms with Gasteiger partial charge in [0.25, 0.3) is 0 Å². The number of alkyl carbamates (subject to hydrolysis) is 1. The summed E-state index contributed by atoms with van der Waals surface area (Å²) in [5, 5.41) is 11.3. The Hall–Kier alpha value is -2.04. The van der Waals surface area contributed by atoms with Crippen LogP contribution in [0.5, 0.6) is 0 Å². The van der Waals surface area contributed by atoms with Crippen LogP contribution in [0.2, 0.25) is 0 Å². The molecule has 0 rings (SSSR count). The molecule has 1 amide bonds. The van der Waals surface area contributed by atoms with E-state index in [1.807, 2.05) is 0 Å². The molecule has 5 heteroatoms. The molecule has 0 aliphatic heterocycles. The third-order valence-electron chi connectivity index (χ3n) is 1.73. The minimum absolute atomic E-state index is 0.0147. The molecule has 0 saturated heterocycles. The van der Waals surface area contributed by atoms with Gasteiger partial charge in [0.15, 0.2) is 0 Å². The second-order valence-electron chi connectivity index (χ2n) is 4.48. The Bertz CT molecular complexity index is 400.